The summed E-state index contributed by atoms with van der Waals surface area (Å²) in [5, 5.41) is 0. The first-order valence-electron chi connectivity index (χ1n) is 13.7. The van der Waals surface area contributed by atoms with E-state index in [0.29, 0.717) is 17.3 Å². The molecule has 1 saturated heterocycles. The molecule has 42 heavy (non-hydrogen) atoms. The van der Waals surface area contributed by atoms with E-state index < -0.39 is 20.0 Å². The van der Waals surface area contributed by atoms with E-state index in [-0.39, 0.29) is 16.9 Å². The summed E-state index contributed by atoms with van der Waals surface area (Å²) in [7, 11) is -7.01. The van der Waals surface area contributed by atoms with Crippen LogP contribution in [0.4, 0.5) is 5.69 Å². The van der Waals surface area contributed by atoms with Gasteiger partial charge in [0, 0.05) is 30.5 Å². The molecule has 4 aromatic rings. The highest BCUT2D eigenvalue weighted by Gasteiger charge is 2.31. The monoisotopic (exact) mass is 606 g/mol. The van der Waals surface area contributed by atoms with Crippen molar-refractivity contribution >= 4 is 25.7 Å². The van der Waals surface area contributed by atoms with Gasteiger partial charge in [0.25, 0.3) is 0 Å². The molecular formula is C31H34N4O5S2. The van der Waals surface area contributed by atoms with Gasteiger partial charge in [-0.2, -0.15) is 0 Å². The van der Waals surface area contributed by atoms with Crippen LogP contribution in [0.15, 0.2) is 108 Å². The molecular weight excluding hydrogens is 572 g/mol. The van der Waals surface area contributed by atoms with Crippen molar-refractivity contribution in [3.63, 3.8) is 0 Å². The number of benzene rings is 3. The maximum atomic E-state index is 13.2. The second kappa shape index (κ2) is 13.0. The lowest BCUT2D eigenvalue weighted by Gasteiger charge is -2.36. The van der Waals surface area contributed by atoms with Crippen LogP contribution in [0.25, 0.3) is 0 Å². The molecule has 0 aliphatic carbocycles. The summed E-state index contributed by atoms with van der Waals surface area (Å²) in [6, 6.07) is 28.4. The van der Waals surface area contributed by atoms with Crippen molar-refractivity contribution in [2.45, 2.75) is 30.3 Å². The maximum Gasteiger partial charge on any atom is 0.241 e. The predicted molar refractivity (Wildman–Crippen MR) is 163 cm³/mol. The third-order valence-corrected chi connectivity index (χ3v) is 9.25. The molecule has 2 N–H and O–H groups in total. The van der Waals surface area contributed by atoms with Gasteiger partial charge in [0.15, 0.2) is 0 Å². The number of likely N-dealkylation sites (tertiary alicyclic amines) is 1. The quantitative estimate of drug-likeness (QED) is 0.242. The summed E-state index contributed by atoms with van der Waals surface area (Å²) < 4.78 is 60.4. The van der Waals surface area contributed by atoms with E-state index in [1.165, 1.54) is 0 Å². The van der Waals surface area contributed by atoms with Crippen molar-refractivity contribution in [1.82, 2.24) is 14.6 Å². The Hall–Kier alpha value is -3.77. The van der Waals surface area contributed by atoms with Crippen LogP contribution in [0.2, 0.25) is 0 Å². The van der Waals surface area contributed by atoms with Gasteiger partial charge in [0.1, 0.15) is 5.75 Å². The van der Waals surface area contributed by atoms with E-state index in [1.807, 2.05) is 42.5 Å². The Morgan fingerprint density at radius 3 is 2.10 bits per heavy atom. The topological polar surface area (TPSA) is 118 Å². The first-order chi connectivity index (χ1) is 20.1. The van der Waals surface area contributed by atoms with Crippen molar-refractivity contribution in [2.75, 3.05) is 24.1 Å². The van der Waals surface area contributed by atoms with Gasteiger partial charge < -0.3 is 4.74 Å². The Morgan fingerprint density at radius 2 is 1.50 bits per heavy atom. The third kappa shape index (κ3) is 8.16. The molecule has 1 unspecified atom stereocenters. The molecule has 1 aromatic heterocycles. The Balaban J connectivity index is 1.17. The number of rotatable bonds is 11. The van der Waals surface area contributed by atoms with Crippen LogP contribution in [0.5, 0.6) is 11.6 Å². The second-order valence-corrected chi connectivity index (χ2v) is 13.9. The molecule has 0 amide bonds. The van der Waals surface area contributed by atoms with Crippen molar-refractivity contribution in [1.29, 1.82) is 0 Å². The van der Waals surface area contributed by atoms with Gasteiger partial charge in [-0.3, -0.25) is 9.62 Å². The average Bonchev–Trinajstić information content (AvgIpc) is 2.99. The summed E-state index contributed by atoms with van der Waals surface area (Å²) in [5.74, 6) is 1.15. The minimum Gasteiger partial charge on any atom is -0.439 e. The minimum absolute atomic E-state index is 0.162. The van der Waals surface area contributed by atoms with E-state index in [9.17, 15) is 16.8 Å². The number of piperidine rings is 1. The van der Waals surface area contributed by atoms with E-state index in [2.05, 4.69) is 19.3 Å². The Morgan fingerprint density at radius 1 is 0.857 bits per heavy atom. The van der Waals surface area contributed by atoms with Gasteiger partial charge in [-0.15, -0.1) is 0 Å². The first kappa shape index (κ1) is 29.7. The fraction of sp³-hybridized carbons (Fsp3) is 0.258. The zero-order valence-electron chi connectivity index (χ0n) is 23.3. The molecule has 3 aromatic carbocycles. The maximum absolute atomic E-state index is 13.2. The van der Waals surface area contributed by atoms with Gasteiger partial charge in [-0.1, -0.05) is 54.6 Å². The van der Waals surface area contributed by atoms with E-state index in [1.54, 1.807) is 60.8 Å². The van der Waals surface area contributed by atoms with Crippen LogP contribution >= 0.6 is 0 Å². The number of pyridine rings is 1. The number of sulfonamides is 2. The molecule has 220 valence electrons. The summed E-state index contributed by atoms with van der Waals surface area (Å²) in [6.45, 7) is 2.41. The molecule has 11 heteroatoms. The zero-order valence-corrected chi connectivity index (χ0v) is 24.9. The Bertz CT molecular complexity index is 1660. The Labute approximate surface area is 247 Å². The molecule has 1 atom stereocenters. The number of hydrogen-bond donors (Lipinski definition) is 2. The number of aromatic nitrogens is 1. The standard InChI is InChI=1S/C31H34N4O5S2/c1-41(36,37)33-27-13-15-28(16-14-27)40-30-17-12-24(22-32-30)23-35-20-18-26(19-21-35)31(25-8-4-2-5-9-25)34-42(38,39)29-10-6-3-7-11-29/h2-17,22,26,31,33-34H,18-21,23H2,1H3. The van der Waals surface area contributed by atoms with Crippen molar-refractivity contribution in [3.05, 3.63) is 114 Å². The van der Waals surface area contributed by atoms with Gasteiger partial charge >= 0.3 is 0 Å². The van der Waals surface area contributed by atoms with Crippen LogP contribution < -0.4 is 14.2 Å². The number of nitrogens with zero attached hydrogens (tertiary/aromatic N) is 2. The molecule has 0 bridgehead atoms. The number of anilines is 1. The minimum atomic E-state index is -3.67. The fourth-order valence-corrected chi connectivity index (χ4v) is 7.00. The van der Waals surface area contributed by atoms with Crippen molar-refractivity contribution < 1.29 is 21.6 Å². The molecule has 1 aliphatic rings. The van der Waals surface area contributed by atoms with Gasteiger partial charge in [0.2, 0.25) is 25.9 Å². The van der Waals surface area contributed by atoms with Gasteiger partial charge in [-0.25, -0.2) is 26.5 Å². The molecule has 1 aliphatic heterocycles. The van der Waals surface area contributed by atoms with Gasteiger partial charge in [0.05, 0.1) is 11.2 Å². The van der Waals surface area contributed by atoms with E-state index in [4.69, 9.17) is 4.74 Å². The molecule has 2 heterocycles. The highest BCUT2D eigenvalue weighted by atomic mass is 32.2. The van der Waals surface area contributed by atoms with Crippen LogP contribution in [0.3, 0.4) is 0 Å². The van der Waals surface area contributed by atoms with Crippen LogP contribution in [-0.4, -0.2) is 46.1 Å². The van der Waals surface area contributed by atoms with Crippen molar-refractivity contribution in [3.8, 4) is 11.6 Å². The number of hydrogen-bond acceptors (Lipinski definition) is 7. The highest BCUT2D eigenvalue weighted by Crippen LogP contribution is 2.33. The van der Waals surface area contributed by atoms with Gasteiger partial charge in [-0.05, 0) is 79.4 Å². The van der Waals surface area contributed by atoms with E-state index in [0.717, 1.165) is 49.9 Å². The lowest BCUT2D eigenvalue weighted by molar-refractivity contribution is 0.158. The van der Waals surface area contributed by atoms with Crippen molar-refractivity contribution in [2.24, 2.45) is 5.92 Å². The highest BCUT2D eigenvalue weighted by molar-refractivity contribution is 7.92. The van der Waals surface area contributed by atoms with Crippen LogP contribution in [-0.2, 0) is 26.6 Å². The first-order valence-corrected chi connectivity index (χ1v) is 17.1. The molecule has 5 rings (SSSR count). The molecule has 9 nitrogen and oxygen atoms in total. The zero-order chi connectivity index (χ0) is 29.6. The number of nitrogens with one attached hydrogen (secondary N) is 2. The predicted octanol–water partition coefficient (Wildman–Crippen LogP) is 5.18. The lowest BCUT2D eigenvalue weighted by Crippen LogP contribution is -2.40. The average molecular weight is 607 g/mol. The molecule has 0 saturated carbocycles. The van der Waals surface area contributed by atoms with E-state index >= 15 is 0 Å². The third-order valence-electron chi connectivity index (χ3n) is 7.18. The summed E-state index contributed by atoms with van der Waals surface area (Å²) in [6.07, 6.45) is 4.61. The normalized spacial score (nSPS) is 15.6. The van der Waals surface area contributed by atoms with Crippen LogP contribution in [0.1, 0.15) is 30.0 Å². The lowest BCUT2D eigenvalue weighted by atomic mass is 9.86. The summed E-state index contributed by atoms with van der Waals surface area (Å²) in [5.41, 5.74) is 2.48. The summed E-state index contributed by atoms with van der Waals surface area (Å²) in [4.78, 5) is 7.06. The smallest absolute Gasteiger partial charge is 0.241 e. The SMILES string of the molecule is CS(=O)(=O)Nc1ccc(Oc2ccc(CN3CCC(C(NS(=O)(=O)c4ccccc4)c4ccccc4)CC3)cn2)cc1. The Kier molecular flexibility index (Phi) is 9.22. The second-order valence-electron chi connectivity index (χ2n) is 10.4. The molecule has 1 fully saturated rings. The summed E-state index contributed by atoms with van der Waals surface area (Å²) >= 11 is 0. The molecule has 0 spiro atoms. The largest absolute Gasteiger partial charge is 0.439 e. The molecule has 0 radical (unpaired) electrons. The fourth-order valence-electron chi connectivity index (χ4n) is 5.12. The van der Waals surface area contributed by atoms with Crippen LogP contribution in [0, 0.1) is 5.92 Å². The number of ether oxygens (including phenoxy) is 1.